The molecule has 0 amide bonds. The van der Waals surface area contributed by atoms with E-state index in [2.05, 4.69) is 11.8 Å². The van der Waals surface area contributed by atoms with Crippen LogP contribution in [0.2, 0.25) is 0 Å². The van der Waals surface area contributed by atoms with Crippen molar-refractivity contribution in [3.63, 3.8) is 0 Å². The van der Waals surface area contributed by atoms with Crippen molar-refractivity contribution < 1.29 is 14.3 Å². The second kappa shape index (κ2) is 6.90. The molecule has 0 fully saturated rings. The molecule has 1 aromatic rings. The Labute approximate surface area is 132 Å². The molecule has 2 unspecified atom stereocenters. The van der Waals surface area contributed by atoms with Crippen LogP contribution < -0.4 is 15.4 Å². The first-order chi connectivity index (χ1) is 10.5. The highest BCUT2D eigenvalue weighted by Gasteiger charge is 2.33. The molecule has 0 radical (unpaired) electrons. The zero-order valence-corrected chi connectivity index (χ0v) is 13.8. The minimum absolute atomic E-state index is 0.0511. The Kier molecular flexibility index (Phi) is 5.16. The van der Waals surface area contributed by atoms with E-state index < -0.39 is 0 Å². The number of esters is 1. The molecule has 2 atom stereocenters. The monoisotopic (exact) mass is 306 g/mol. The van der Waals surface area contributed by atoms with Gasteiger partial charge < -0.3 is 20.1 Å². The second-order valence-corrected chi connectivity index (χ2v) is 5.94. The van der Waals surface area contributed by atoms with Gasteiger partial charge in [-0.15, -0.1) is 0 Å². The number of nitrogens with zero attached hydrogens (tertiary/aromatic N) is 1. The van der Waals surface area contributed by atoms with Gasteiger partial charge in [-0.3, -0.25) is 0 Å². The highest BCUT2D eigenvalue weighted by atomic mass is 16.5. The number of rotatable bonds is 5. The van der Waals surface area contributed by atoms with Gasteiger partial charge in [-0.1, -0.05) is 13.8 Å². The standard InChI is InChI=1S/C17H26N2O3/c1-5-13-10-19(14(6-2)17(20)21-11(3)4)15-8-7-12(18)9-16(15)22-13/h7-9,11,13-14H,5-6,10,18H2,1-4H3. The van der Waals surface area contributed by atoms with Gasteiger partial charge in [0.1, 0.15) is 17.9 Å². The molecule has 0 bridgehead atoms. The molecule has 5 heteroatoms. The Hall–Kier alpha value is -1.91. The number of hydrogen-bond donors (Lipinski definition) is 1. The van der Waals surface area contributed by atoms with Crippen molar-refractivity contribution in [3.8, 4) is 5.75 Å². The van der Waals surface area contributed by atoms with Crippen LogP contribution in [0.25, 0.3) is 0 Å². The molecule has 0 saturated carbocycles. The highest BCUT2D eigenvalue weighted by molar-refractivity contribution is 5.82. The molecule has 22 heavy (non-hydrogen) atoms. The second-order valence-electron chi connectivity index (χ2n) is 5.94. The average Bonchev–Trinajstić information content (AvgIpc) is 2.46. The topological polar surface area (TPSA) is 64.8 Å². The molecule has 2 rings (SSSR count). The third-order valence-electron chi connectivity index (χ3n) is 3.83. The normalized spacial score (nSPS) is 18.6. The number of carbonyl (C=O) groups is 1. The summed E-state index contributed by atoms with van der Waals surface area (Å²) in [4.78, 5) is 14.5. The number of nitrogens with two attached hydrogens (primary N) is 1. The van der Waals surface area contributed by atoms with Crippen LogP contribution in [0.3, 0.4) is 0 Å². The van der Waals surface area contributed by atoms with Gasteiger partial charge in [0.2, 0.25) is 0 Å². The van der Waals surface area contributed by atoms with Crippen LogP contribution in [0.15, 0.2) is 18.2 Å². The third kappa shape index (κ3) is 3.46. The lowest BCUT2D eigenvalue weighted by Crippen LogP contribution is -2.49. The van der Waals surface area contributed by atoms with E-state index in [-0.39, 0.29) is 24.2 Å². The van der Waals surface area contributed by atoms with Crippen LogP contribution in [0.1, 0.15) is 40.5 Å². The van der Waals surface area contributed by atoms with Crippen molar-refractivity contribution in [2.24, 2.45) is 0 Å². The first kappa shape index (κ1) is 16.5. The molecule has 0 aliphatic carbocycles. The minimum Gasteiger partial charge on any atom is -0.486 e. The van der Waals surface area contributed by atoms with Crippen LogP contribution in [-0.2, 0) is 9.53 Å². The first-order valence-corrected chi connectivity index (χ1v) is 7.99. The predicted molar refractivity (Wildman–Crippen MR) is 88.2 cm³/mol. The predicted octanol–water partition coefficient (Wildman–Crippen LogP) is 2.98. The van der Waals surface area contributed by atoms with Gasteiger partial charge >= 0.3 is 5.97 Å². The van der Waals surface area contributed by atoms with E-state index in [0.29, 0.717) is 18.7 Å². The van der Waals surface area contributed by atoms with E-state index in [0.717, 1.165) is 17.9 Å². The van der Waals surface area contributed by atoms with Crippen molar-refractivity contribution in [3.05, 3.63) is 18.2 Å². The van der Waals surface area contributed by atoms with Crippen LogP contribution in [-0.4, -0.2) is 30.8 Å². The van der Waals surface area contributed by atoms with Gasteiger partial charge in [0.25, 0.3) is 0 Å². The summed E-state index contributed by atoms with van der Waals surface area (Å²) in [5.74, 6) is 0.561. The maximum absolute atomic E-state index is 12.4. The number of ether oxygens (including phenoxy) is 2. The molecular weight excluding hydrogens is 280 g/mol. The fourth-order valence-electron chi connectivity index (χ4n) is 2.73. The van der Waals surface area contributed by atoms with Gasteiger partial charge in [-0.05, 0) is 38.8 Å². The molecule has 1 aliphatic heterocycles. The fourth-order valence-corrected chi connectivity index (χ4v) is 2.73. The maximum Gasteiger partial charge on any atom is 0.329 e. The summed E-state index contributed by atoms with van der Waals surface area (Å²) >= 11 is 0. The molecular formula is C17H26N2O3. The van der Waals surface area contributed by atoms with Crippen LogP contribution in [0.5, 0.6) is 5.75 Å². The minimum atomic E-state index is -0.303. The van der Waals surface area contributed by atoms with Crippen LogP contribution >= 0.6 is 0 Å². The average molecular weight is 306 g/mol. The van der Waals surface area contributed by atoms with Crippen molar-refractivity contribution in [1.82, 2.24) is 0 Å². The third-order valence-corrected chi connectivity index (χ3v) is 3.83. The number of anilines is 2. The lowest BCUT2D eigenvalue weighted by atomic mass is 10.1. The van der Waals surface area contributed by atoms with Gasteiger partial charge in [0, 0.05) is 11.8 Å². The number of benzene rings is 1. The van der Waals surface area contributed by atoms with Gasteiger partial charge in [-0.25, -0.2) is 4.79 Å². The zero-order valence-electron chi connectivity index (χ0n) is 13.8. The maximum atomic E-state index is 12.4. The van der Waals surface area contributed by atoms with E-state index in [1.54, 1.807) is 0 Å². The Bertz CT molecular complexity index is 531. The first-order valence-electron chi connectivity index (χ1n) is 7.99. The lowest BCUT2D eigenvalue weighted by molar-refractivity contribution is -0.149. The summed E-state index contributed by atoms with van der Waals surface area (Å²) < 4.78 is 11.4. The van der Waals surface area contributed by atoms with Crippen molar-refractivity contribution >= 4 is 17.3 Å². The van der Waals surface area contributed by atoms with E-state index in [9.17, 15) is 4.79 Å². The molecule has 1 heterocycles. The molecule has 0 saturated heterocycles. The summed E-state index contributed by atoms with van der Waals surface area (Å²) in [5, 5.41) is 0. The zero-order chi connectivity index (χ0) is 16.3. The van der Waals surface area contributed by atoms with E-state index in [4.69, 9.17) is 15.2 Å². The fraction of sp³-hybridized carbons (Fsp3) is 0.588. The summed E-state index contributed by atoms with van der Waals surface area (Å²) in [7, 11) is 0. The molecule has 2 N–H and O–H groups in total. The van der Waals surface area contributed by atoms with E-state index >= 15 is 0 Å². The van der Waals surface area contributed by atoms with Crippen LogP contribution in [0, 0.1) is 0 Å². The largest absolute Gasteiger partial charge is 0.486 e. The van der Waals surface area contributed by atoms with E-state index in [1.807, 2.05) is 39.0 Å². The summed E-state index contributed by atoms with van der Waals surface area (Å²) in [6.07, 6.45) is 1.50. The Morgan fingerprint density at radius 3 is 2.77 bits per heavy atom. The highest BCUT2D eigenvalue weighted by Crippen LogP contribution is 2.37. The van der Waals surface area contributed by atoms with Gasteiger partial charge in [0.05, 0.1) is 18.3 Å². The summed E-state index contributed by atoms with van der Waals surface area (Å²) in [6, 6.07) is 5.27. The van der Waals surface area contributed by atoms with Crippen molar-refractivity contribution in [1.29, 1.82) is 0 Å². The summed E-state index contributed by atoms with van der Waals surface area (Å²) in [6.45, 7) is 8.49. The molecule has 1 aromatic carbocycles. The lowest BCUT2D eigenvalue weighted by Gasteiger charge is -2.39. The van der Waals surface area contributed by atoms with Gasteiger partial charge in [0.15, 0.2) is 0 Å². The number of nitrogen functional groups attached to an aromatic ring is 1. The van der Waals surface area contributed by atoms with E-state index in [1.165, 1.54) is 0 Å². The number of carbonyl (C=O) groups excluding carboxylic acids is 1. The molecule has 1 aliphatic rings. The van der Waals surface area contributed by atoms with Crippen molar-refractivity contribution in [2.45, 2.75) is 58.8 Å². The quantitative estimate of drug-likeness (QED) is 0.669. The molecule has 122 valence electrons. The molecule has 0 aromatic heterocycles. The Morgan fingerprint density at radius 2 is 2.18 bits per heavy atom. The Balaban J connectivity index is 2.33. The molecule has 5 nitrogen and oxygen atoms in total. The summed E-state index contributed by atoms with van der Waals surface area (Å²) in [5.41, 5.74) is 7.43. The Morgan fingerprint density at radius 1 is 1.45 bits per heavy atom. The SMILES string of the molecule is CCC1CN(C(CC)C(=O)OC(C)C)c2ccc(N)cc2O1. The number of fused-ring (bicyclic) bond motifs is 1. The number of hydrogen-bond acceptors (Lipinski definition) is 5. The van der Waals surface area contributed by atoms with Crippen LogP contribution in [0.4, 0.5) is 11.4 Å². The molecule has 0 spiro atoms. The smallest absolute Gasteiger partial charge is 0.329 e. The van der Waals surface area contributed by atoms with Crippen molar-refractivity contribution in [2.75, 3.05) is 17.2 Å². The van der Waals surface area contributed by atoms with Gasteiger partial charge in [-0.2, -0.15) is 0 Å².